The zero-order chi connectivity index (χ0) is 28.4. The normalized spacial score (nSPS) is 12.3. The number of nitrogens with zero attached hydrogens (tertiary/aromatic N) is 1. The van der Waals surface area contributed by atoms with Crippen LogP contribution in [0.15, 0.2) is 48.5 Å². The molecule has 0 radical (unpaired) electrons. The summed E-state index contributed by atoms with van der Waals surface area (Å²) < 4.78 is 110. The van der Waals surface area contributed by atoms with Gasteiger partial charge in [-0.1, -0.05) is 37.3 Å². The molecular weight excluding hydrogens is 528 g/mol. The van der Waals surface area contributed by atoms with Crippen molar-refractivity contribution in [2.45, 2.75) is 32.2 Å². The molecule has 0 saturated heterocycles. The molecule has 0 spiro atoms. The predicted octanol–water partition coefficient (Wildman–Crippen LogP) is 5.96. The molecule has 3 aromatic rings. The van der Waals surface area contributed by atoms with E-state index in [2.05, 4.69) is 0 Å². The summed E-state index contributed by atoms with van der Waals surface area (Å²) in [6.45, 7) is 1.00. The minimum absolute atomic E-state index is 0.144. The van der Waals surface area contributed by atoms with Gasteiger partial charge < -0.3 is 15.3 Å². The number of nitrogens with one attached hydrogen (secondary N) is 1. The summed E-state index contributed by atoms with van der Waals surface area (Å²) >= 11 is 0. The highest BCUT2D eigenvalue weighted by atomic mass is 19.4. The lowest BCUT2D eigenvalue weighted by Gasteiger charge is -2.28. The Hall–Kier alpha value is -4.00. The first-order chi connectivity index (χ1) is 17.8. The van der Waals surface area contributed by atoms with Crippen molar-refractivity contribution in [2.75, 3.05) is 10.2 Å². The van der Waals surface area contributed by atoms with Gasteiger partial charge in [0, 0.05) is 0 Å². The summed E-state index contributed by atoms with van der Waals surface area (Å²) in [5, 5.41) is 12.0. The Morgan fingerprint density at radius 3 is 1.97 bits per heavy atom. The fourth-order valence-corrected chi connectivity index (χ4v) is 3.43. The first kappa shape index (κ1) is 28.6. The third-order valence-electron chi connectivity index (χ3n) is 5.42. The smallest absolute Gasteiger partial charge is 0.383 e. The molecule has 2 amide bonds. The Morgan fingerprint density at radius 1 is 0.895 bits per heavy atom. The number of aliphatic hydroxyl groups is 1. The Kier molecular flexibility index (Phi) is 8.40. The van der Waals surface area contributed by atoms with Crippen LogP contribution in [0.1, 0.15) is 34.8 Å². The second-order valence-electron chi connectivity index (χ2n) is 7.96. The van der Waals surface area contributed by atoms with Crippen LogP contribution in [-0.2, 0) is 17.5 Å². The van der Waals surface area contributed by atoms with E-state index in [0.717, 1.165) is 0 Å². The fourth-order valence-electron chi connectivity index (χ4n) is 3.43. The molecule has 0 aliphatic heterocycles. The quantitative estimate of drug-likeness (QED) is 0.219. The maximum absolute atomic E-state index is 14.2. The molecular formula is C25H18F8N2O3. The lowest BCUT2D eigenvalue weighted by Crippen LogP contribution is -2.39. The SMILES string of the molecule is CCC(O)C(=O)N(Cc1ccccc1)c1cc(C(F)(F)F)ccc1NC(=O)c1c(F)c(F)c(F)c(F)c1F. The van der Waals surface area contributed by atoms with Crippen molar-refractivity contribution in [2.24, 2.45) is 0 Å². The highest BCUT2D eigenvalue weighted by molar-refractivity contribution is 6.08. The average molecular weight is 546 g/mol. The molecule has 0 fully saturated rings. The maximum atomic E-state index is 14.2. The number of anilines is 2. The van der Waals surface area contributed by atoms with Crippen LogP contribution in [0.4, 0.5) is 46.5 Å². The van der Waals surface area contributed by atoms with Crippen molar-refractivity contribution in [3.05, 3.63) is 94.3 Å². The van der Waals surface area contributed by atoms with Crippen molar-refractivity contribution >= 4 is 23.2 Å². The summed E-state index contributed by atoms with van der Waals surface area (Å²) in [7, 11) is 0. The summed E-state index contributed by atoms with van der Waals surface area (Å²) in [5.74, 6) is -15.2. The topological polar surface area (TPSA) is 69.6 Å². The van der Waals surface area contributed by atoms with E-state index < -0.39 is 82.2 Å². The van der Waals surface area contributed by atoms with E-state index in [4.69, 9.17) is 0 Å². The highest BCUT2D eigenvalue weighted by Gasteiger charge is 2.35. The van der Waals surface area contributed by atoms with E-state index >= 15 is 0 Å². The molecule has 202 valence electrons. The molecule has 38 heavy (non-hydrogen) atoms. The third-order valence-corrected chi connectivity index (χ3v) is 5.42. The Balaban J connectivity index is 2.18. The Bertz CT molecular complexity index is 1330. The molecule has 3 aromatic carbocycles. The number of carbonyl (C=O) groups excluding carboxylic acids is 2. The van der Waals surface area contributed by atoms with Crippen molar-refractivity contribution in [3.63, 3.8) is 0 Å². The zero-order valence-corrected chi connectivity index (χ0v) is 19.3. The standard InChI is InChI=1S/C25H18F8N2O3/c1-2-16(36)24(38)35(11-12-6-4-3-5-7-12)15-10-13(25(31,32)33)8-9-14(15)34-23(37)17-18(26)20(28)22(30)21(29)19(17)27/h3-10,16,36H,2,11H2,1H3,(H,34,37). The molecule has 13 heteroatoms. The predicted molar refractivity (Wildman–Crippen MR) is 120 cm³/mol. The second-order valence-corrected chi connectivity index (χ2v) is 7.96. The van der Waals surface area contributed by atoms with Crippen LogP contribution in [0.2, 0.25) is 0 Å². The minimum Gasteiger partial charge on any atom is -0.383 e. The van der Waals surface area contributed by atoms with Gasteiger partial charge >= 0.3 is 6.18 Å². The van der Waals surface area contributed by atoms with Crippen LogP contribution in [0.5, 0.6) is 0 Å². The van der Waals surface area contributed by atoms with Crippen molar-refractivity contribution in [1.29, 1.82) is 0 Å². The van der Waals surface area contributed by atoms with Gasteiger partial charge in [0.05, 0.1) is 23.5 Å². The molecule has 3 rings (SSSR count). The molecule has 1 unspecified atom stereocenters. The van der Waals surface area contributed by atoms with Crippen LogP contribution in [-0.4, -0.2) is 23.0 Å². The molecule has 0 saturated carbocycles. The molecule has 1 atom stereocenters. The molecule has 5 nitrogen and oxygen atoms in total. The molecule has 0 heterocycles. The van der Waals surface area contributed by atoms with Crippen LogP contribution < -0.4 is 10.2 Å². The van der Waals surface area contributed by atoms with E-state index in [1.807, 2.05) is 5.32 Å². The van der Waals surface area contributed by atoms with Crippen molar-refractivity contribution in [3.8, 4) is 0 Å². The molecule has 2 N–H and O–H groups in total. The largest absolute Gasteiger partial charge is 0.416 e. The summed E-state index contributed by atoms with van der Waals surface area (Å²) in [5.41, 5.74) is -4.09. The lowest BCUT2D eigenvalue weighted by molar-refractivity contribution is -0.137. The van der Waals surface area contributed by atoms with Gasteiger partial charge in [0.1, 0.15) is 11.7 Å². The second kappa shape index (κ2) is 11.2. The Morgan fingerprint density at radius 2 is 1.45 bits per heavy atom. The summed E-state index contributed by atoms with van der Waals surface area (Å²) in [6, 6.07) is 9.33. The van der Waals surface area contributed by atoms with Crippen LogP contribution >= 0.6 is 0 Å². The average Bonchev–Trinajstić information content (AvgIpc) is 2.89. The molecule has 0 aliphatic carbocycles. The molecule has 0 aliphatic rings. The van der Waals surface area contributed by atoms with Crippen LogP contribution in [0.25, 0.3) is 0 Å². The van der Waals surface area contributed by atoms with Crippen LogP contribution in [0.3, 0.4) is 0 Å². The monoisotopic (exact) mass is 546 g/mol. The number of alkyl halides is 3. The number of aliphatic hydroxyl groups excluding tert-OH is 1. The van der Waals surface area contributed by atoms with E-state index in [0.29, 0.717) is 28.7 Å². The number of hydrogen-bond donors (Lipinski definition) is 2. The van der Waals surface area contributed by atoms with Gasteiger partial charge in [-0.2, -0.15) is 13.2 Å². The minimum atomic E-state index is -4.94. The lowest BCUT2D eigenvalue weighted by atomic mass is 10.1. The van der Waals surface area contributed by atoms with Gasteiger partial charge in [-0.3, -0.25) is 9.59 Å². The van der Waals surface area contributed by atoms with Gasteiger partial charge in [0.15, 0.2) is 23.3 Å². The third kappa shape index (κ3) is 5.77. The number of halogens is 8. The maximum Gasteiger partial charge on any atom is 0.416 e. The number of hydrogen-bond acceptors (Lipinski definition) is 3. The van der Waals surface area contributed by atoms with E-state index in [9.17, 15) is 49.8 Å². The zero-order valence-electron chi connectivity index (χ0n) is 19.3. The highest BCUT2D eigenvalue weighted by Crippen LogP contribution is 2.37. The van der Waals surface area contributed by atoms with E-state index in [1.165, 1.54) is 19.1 Å². The van der Waals surface area contributed by atoms with Gasteiger partial charge in [-0.05, 0) is 30.2 Å². The summed E-state index contributed by atoms with van der Waals surface area (Å²) in [4.78, 5) is 26.3. The number of benzene rings is 3. The van der Waals surface area contributed by atoms with Crippen molar-refractivity contribution < 1.29 is 49.8 Å². The number of rotatable bonds is 7. The van der Waals surface area contributed by atoms with Gasteiger partial charge in [0.2, 0.25) is 5.82 Å². The number of carbonyl (C=O) groups is 2. The molecule has 0 bridgehead atoms. The van der Waals surface area contributed by atoms with Crippen LogP contribution in [0, 0.1) is 29.1 Å². The fraction of sp³-hybridized carbons (Fsp3) is 0.200. The van der Waals surface area contributed by atoms with E-state index in [1.54, 1.807) is 18.2 Å². The first-order valence-electron chi connectivity index (χ1n) is 10.8. The van der Waals surface area contributed by atoms with E-state index in [-0.39, 0.29) is 6.42 Å². The molecule has 0 aromatic heterocycles. The summed E-state index contributed by atoms with van der Waals surface area (Å²) in [6.07, 6.45) is -6.77. The number of amides is 2. The first-order valence-corrected chi connectivity index (χ1v) is 10.8. The van der Waals surface area contributed by atoms with Gasteiger partial charge in [-0.15, -0.1) is 0 Å². The Labute approximate surface area is 210 Å². The van der Waals surface area contributed by atoms with Gasteiger partial charge in [0.25, 0.3) is 11.8 Å². The van der Waals surface area contributed by atoms with Gasteiger partial charge in [-0.25, -0.2) is 22.0 Å². The van der Waals surface area contributed by atoms with Crippen molar-refractivity contribution in [1.82, 2.24) is 0 Å².